The van der Waals surface area contributed by atoms with Crippen molar-refractivity contribution in [1.29, 1.82) is 0 Å². The molecule has 0 aliphatic carbocycles. The highest BCUT2D eigenvalue weighted by molar-refractivity contribution is 7.80. The van der Waals surface area contributed by atoms with Crippen LogP contribution < -0.4 is 20.5 Å². The summed E-state index contributed by atoms with van der Waals surface area (Å²) in [5, 5.41) is 2.79. The molecule has 1 atom stereocenters. The number of rotatable bonds is 4. The molecule has 1 aromatic rings. The third kappa shape index (κ3) is 2.96. The molecule has 1 unspecified atom stereocenters. The molecule has 1 amide bonds. The minimum Gasteiger partial charge on any atom is -0.454 e. The van der Waals surface area contributed by atoms with Crippen LogP contribution in [0.5, 0.6) is 11.5 Å². The lowest BCUT2D eigenvalue weighted by molar-refractivity contribution is -0.118. The summed E-state index contributed by atoms with van der Waals surface area (Å²) >= 11 is 4.94. The van der Waals surface area contributed by atoms with E-state index in [0.717, 1.165) is 0 Å². The van der Waals surface area contributed by atoms with E-state index in [4.69, 9.17) is 27.4 Å². The van der Waals surface area contributed by atoms with Gasteiger partial charge in [-0.15, -0.1) is 0 Å². The van der Waals surface area contributed by atoms with Crippen molar-refractivity contribution in [3.8, 4) is 11.5 Å². The Hall–Kier alpha value is -1.82. The van der Waals surface area contributed by atoms with Gasteiger partial charge in [-0.1, -0.05) is 26.1 Å². The lowest BCUT2D eigenvalue weighted by Gasteiger charge is -2.18. The molecular formula is C13H16N2O3S. The first-order chi connectivity index (χ1) is 8.99. The van der Waals surface area contributed by atoms with Crippen LogP contribution in [0.25, 0.3) is 0 Å². The smallest absolute Gasteiger partial charge is 0.234 e. The Balaban J connectivity index is 2.12. The Kier molecular flexibility index (Phi) is 3.90. The number of benzene rings is 1. The Bertz CT molecular complexity index is 517. The fraction of sp³-hybridized carbons (Fsp3) is 0.385. The van der Waals surface area contributed by atoms with E-state index in [0.29, 0.717) is 17.2 Å². The van der Waals surface area contributed by atoms with E-state index >= 15 is 0 Å². The van der Waals surface area contributed by atoms with Gasteiger partial charge in [-0.2, -0.15) is 0 Å². The molecule has 19 heavy (non-hydrogen) atoms. The van der Waals surface area contributed by atoms with Crippen LogP contribution in [-0.4, -0.2) is 17.7 Å². The van der Waals surface area contributed by atoms with E-state index < -0.39 is 5.92 Å². The van der Waals surface area contributed by atoms with Crippen molar-refractivity contribution >= 4 is 28.8 Å². The van der Waals surface area contributed by atoms with Crippen LogP contribution in [0, 0.1) is 11.8 Å². The first kappa shape index (κ1) is 13.6. The molecule has 1 aromatic carbocycles. The van der Waals surface area contributed by atoms with Crippen LogP contribution in [0.4, 0.5) is 5.69 Å². The van der Waals surface area contributed by atoms with Crippen molar-refractivity contribution in [2.75, 3.05) is 12.1 Å². The molecule has 1 heterocycles. The minimum atomic E-state index is -0.486. The highest BCUT2D eigenvalue weighted by atomic mass is 32.1. The molecule has 0 saturated carbocycles. The second-order valence-electron chi connectivity index (χ2n) is 4.68. The standard InChI is InChI=1S/C13H16N2O3S/c1-7(2)11(12(14)19)13(16)15-8-3-4-9-10(5-8)18-6-17-9/h3-5,7,11H,6H2,1-2H3,(H2,14,19)(H,15,16). The van der Waals surface area contributed by atoms with E-state index in [1.54, 1.807) is 18.2 Å². The summed E-state index contributed by atoms with van der Waals surface area (Å²) in [6.45, 7) is 4.01. The van der Waals surface area contributed by atoms with Gasteiger partial charge in [-0.3, -0.25) is 4.79 Å². The quantitative estimate of drug-likeness (QED) is 0.824. The highest BCUT2D eigenvalue weighted by Gasteiger charge is 2.25. The molecule has 0 bridgehead atoms. The number of thiocarbonyl (C=S) groups is 1. The Morgan fingerprint density at radius 3 is 2.68 bits per heavy atom. The van der Waals surface area contributed by atoms with Gasteiger partial charge in [-0.25, -0.2) is 0 Å². The maximum absolute atomic E-state index is 12.1. The summed E-state index contributed by atoms with van der Waals surface area (Å²) in [6, 6.07) is 5.22. The van der Waals surface area contributed by atoms with Gasteiger partial charge in [-0.05, 0) is 18.1 Å². The SMILES string of the molecule is CC(C)C(C(=O)Nc1ccc2c(c1)OCO2)C(N)=S. The molecule has 3 N–H and O–H groups in total. The minimum absolute atomic E-state index is 0.0477. The maximum atomic E-state index is 12.1. The molecule has 0 fully saturated rings. The molecule has 102 valence electrons. The molecule has 0 radical (unpaired) electrons. The Labute approximate surface area is 117 Å². The molecule has 2 rings (SSSR count). The van der Waals surface area contributed by atoms with E-state index in [1.807, 2.05) is 13.8 Å². The molecule has 0 aromatic heterocycles. The van der Waals surface area contributed by atoms with Crippen LogP contribution in [0.2, 0.25) is 0 Å². The number of hydrogen-bond donors (Lipinski definition) is 2. The van der Waals surface area contributed by atoms with Crippen LogP contribution in [0.15, 0.2) is 18.2 Å². The van der Waals surface area contributed by atoms with Crippen molar-refractivity contribution in [3.05, 3.63) is 18.2 Å². The van der Waals surface area contributed by atoms with Crippen molar-refractivity contribution in [2.24, 2.45) is 17.6 Å². The van der Waals surface area contributed by atoms with Gasteiger partial charge in [0.15, 0.2) is 11.5 Å². The fourth-order valence-electron chi connectivity index (χ4n) is 1.95. The zero-order chi connectivity index (χ0) is 14.0. The second-order valence-corrected chi connectivity index (χ2v) is 5.15. The molecule has 0 saturated heterocycles. The van der Waals surface area contributed by atoms with E-state index in [2.05, 4.69) is 5.32 Å². The zero-order valence-corrected chi connectivity index (χ0v) is 11.6. The number of carbonyl (C=O) groups is 1. The summed E-state index contributed by atoms with van der Waals surface area (Å²) in [6.07, 6.45) is 0. The van der Waals surface area contributed by atoms with Crippen molar-refractivity contribution in [2.45, 2.75) is 13.8 Å². The predicted octanol–water partition coefficient (Wildman–Crippen LogP) is 1.91. The molecule has 1 aliphatic heterocycles. The topological polar surface area (TPSA) is 73.6 Å². The summed E-state index contributed by atoms with van der Waals surface area (Å²) < 4.78 is 10.5. The normalized spacial score (nSPS) is 14.3. The van der Waals surface area contributed by atoms with Gasteiger partial charge in [0.1, 0.15) is 0 Å². The monoisotopic (exact) mass is 280 g/mol. The fourth-order valence-corrected chi connectivity index (χ4v) is 2.33. The number of nitrogens with two attached hydrogens (primary N) is 1. The molecular weight excluding hydrogens is 264 g/mol. The van der Waals surface area contributed by atoms with E-state index in [9.17, 15) is 4.79 Å². The highest BCUT2D eigenvalue weighted by Crippen LogP contribution is 2.34. The Morgan fingerprint density at radius 2 is 2.05 bits per heavy atom. The van der Waals surface area contributed by atoms with Gasteiger partial charge in [0.05, 0.1) is 10.9 Å². The van der Waals surface area contributed by atoms with E-state index in [-0.39, 0.29) is 23.6 Å². The number of fused-ring (bicyclic) bond motifs is 1. The summed E-state index contributed by atoms with van der Waals surface area (Å²) in [4.78, 5) is 12.3. The van der Waals surface area contributed by atoms with Crippen molar-refractivity contribution in [1.82, 2.24) is 0 Å². The predicted molar refractivity (Wildman–Crippen MR) is 76.3 cm³/mol. The average molecular weight is 280 g/mol. The number of carbonyl (C=O) groups excluding carboxylic acids is 1. The summed E-state index contributed by atoms with van der Waals surface area (Å²) in [5.41, 5.74) is 6.24. The van der Waals surface area contributed by atoms with Crippen LogP contribution in [0.1, 0.15) is 13.8 Å². The molecule has 6 heteroatoms. The Morgan fingerprint density at radius 1 is 1.37 bits per heavy atom. The van der Waals surface area contributed by atoms with Gasteiger partial charge >= 0.3 is 0 Å². The maximum Gasteiger partial charge on any atom is 0.234 e. The number of ether oxygens (including phenoxy) is 2. The number of anilines is 1. The summed E-state index contributed by atoms with van der Waals surface area (Å²) in [5.74, 6) is 0.648. The zero-order valence-electron chi connectivity index (χ0n) is 10.8. The molecule has 5 nitrogen and oxygen atoms in total. The number of nitrogens with one attached hydrogen (secondary N) is 1. The number of hydrogen-bond acceptors (Lipinski definition) is 4. The molecule has 1 aliphatic rings. The summed E-state index contributed by atoms with van der Waals surface area (Å²) in [7, 11) is 0. The number of amides is 1. The first-order valence-corrected chi connectivity index (χ1v) is 6.39. The van der Waals surface area contributed by atoms with E-state index in [1.165, 1.54) is 0 Å². The van der Waals surface area contributed by atoms with Gasteiger partial charge in [0.2, 0.25) is 12.7 Å². The lowest BCUT2D eigenvalue weighted by atomic mass is 9.95. The van der Waals surface area contributed by atoms with Gasteiger partial charge < -0.3 is 20.5 Å². The van der Waals surface area contributed by atoms with Crippen molar-refractivity contribution in [3.63, 3.8) is 0 Å². The first-order valence-electron chi connectivity index (χ1n) is 5.99. The second kappa shape index (κ2) is 5.44. The third-order valence-electron chi connectivity index (χ3n) is 2.90. The van der Waals surface area contributed by atoms with Gasteiger partial charge in [0.25, 0.3) is 0 Å². The van der Waals surface area contributed by atoms with Crippen LogP contribution >= 0.6 is 12.2 Å². The van der Waals surface area contributed by atoms with Crippen LogP contribution in [-0.2, 0) is 4.79 Å². The average Bonchev–Trinajstić information content (AvgIpc) is 2.74. The van der Waals surface area contributed by atoms with Gasteiger partial charge in [0, 0.05) is 11.8 Å². The lowest BCUT2D eigenvalue weighted by Crippen LogP contribution is -2.36. The van der Waals surface area contributed by atoms with Crippen molar-refractivity contribution < 1.29 is 14.3 Å². The third-order valence-corrected chi connectivity index (χ3v) is 3.15. The molecule has 0 spiro atoms. The largest absolute Gasteiger partial charge is 0.454 e. The van der Waals surface area contributed by atoms with Crippen LogP contribution in [0.3, 0.4) is 0 Å².